The molecule has 1 fully saturated rings. The molecule has 7 nitrogen and oxygen atoms in total. The number of carbonyl (C=O) groups excluding carboxylic acids is 1. The average Bonchev–Trinajstić information content (AvgIpc) is 2.38. The molecule has 2 rings (SSSR count). The van der Waals surface area contributed by atoms with Crippen molar-refractivity contribution >= 4 is 11.9 Å². The molecular weight excluding hydrogens is 240 g/mol. The molecule has 0 spiro atoms. The second-order valence-corrected chi connectivity index (χ2v) is 3.84. The summed E-state index contributed by atoms with van der Waals surface area (Å²) < 4.78 is 5.03. The molecule has 0 saturated carbocycles. The van der Waals surface area contributed by atoms with Crippen LogP contribution >= 0.6 is 0 Å². The number of carbonyl (C=O) groups is 2. The zero-order chi connectivity index (χ0) is 13.1. The first-order chi connectivity index (χ1) is 8.61. The van der Waals surface area contributed by atoms with E-state index in [0.29, 0.717) is 0 Å². The monoisotopic (exact) mass is 252 g/mol. The summed E-state index contributed by atoms with van der Waals surface area (Å²) in [6.07, 6.45) is 1.41. The van der Waals surface area contributed by atoms with Crippen LogP contribution < -0.4 is 5.56 Å². The Morgan fingerprint density at radius 1 is 1.50 bits per heavy atom. The first-order valence-electron chi connectivity index (χ1n) is 5.40. The third-order valence-electron chi connectivity index (χ3n) is 2.72. The number of nitrogens with zero attached hydrogens (tertiary/aromatic N) is 1. The molecule has 1 amide bonds. The first kappa shape index (κ1) is 12.3. The van der Waals surface area contributed by atoms with Crippen molar-refractivity contribution in [3.63, 3.8) is 0 Å². The van der Waals surface area contributed by atoms with Gasteiger partial charge in [-0.15, -0.1) is 0 Å². The molecule has 7 heteroatoms. The van der Waals surface area contributed by atoms with Crippen molar-refractivity contribution in [1.29, 1.82) is 0 Å². The van der Waals surface area contributed by atoms with Gasteiger partial charge in [-0.05, 0) is 12.1 Å². The molecule has 1 saturated heterocycles. The summed E-state index contributed by atoms with van der Waals surface area (Å²) in [6, 6.07) is 1.84. The standard InChI is InChI=1S/C11H12N2O5/c14-9-7(2-1-3-12-9)10(15)13-4-5-18-6-8(13)11(16)17/h1-3,8H,4-6H2,(H,12,14)(H,16,17). The smallest absolute Gasteiger partial charge is 0.328 e. The van der Waals surface area contributed by atoms with E-state index in [2.05, 4.69) is 4.98 Å². The van der Waals surface area contributed by atoms with Crippen molar-refractivity contribution in [2.24, 2.45) is 0 Å². The highest BCUT2D eigenvalue weighted by Crippen LogP contribution is 2.10. The number of pyridine rings is 1. The van der Waals surface area contributed by atoms with Crippen LogP contribution in [0.25, 0.3) is 0 Å². The summed E-state index contributed by atoms with van der Waals surface area (Å²) in [6.45, 7) is 0.357. The lowest BCUT2D eigenvalue weighted by atomic mass is 10.1. The topological polar surface area (TPSA) is 99.7 Å². The van der Waals surface area contributed by atoms with Crippen LogP contribution in [0.3, 0.4) is 0 Å². The number of carboxylic acids is 1. The van der Waals surface area contributed by atoms with E-state index < -0.39 is 23.5 Å². The van der Waals surface area contributed by atoms with Crippen LogP contribution in [0.1, 0.15) is 10.4 Å². The van der Waals surface area contributed by atoms with Crippen LogP contribution in [0, 0.1) is 0 Å². The van der Waals surface area contributed by atoms with Crippen LogP contribution in [0.2, 0.25) is 0 Å². The van der Waals surface area contributed by atoms with Gasteiger partial charge in [0, 0.05) is 12.7 Å². The molecule has 0 radical (unpaired) electrons. The summed E-state index contributed by atoms with van der Waals surface area (Å²) >= 11 is 0. The lowest BCUT2D eigenvalue weighted by molar-refractivity contribution is -0.147. The van der Waals surface area contributed by atoms with E-state index in [1.807, 2.05) is 0 Å². The lowest BCUT2D eigenvalue weighted by Crippen LogP contribution is -2.53. The number of amides is 1. The van der Waals surface area contributed by atoms with Crippen molar-refractivity contribution in [2.75, 3.05) is 19.8 Å². The maximum Gasteiger partial charge on any atom is 0.328 e. The molecule has 0 aromatic carbocycles. The molecule has 1 aliphatic rings. The van der Waals surface area contributed by atoms with Crippen LogP contribution in [-0.4, -0.2) is 52.7 Å². The first-order valence-corrected chi connectivity index (χ1v) is 5.40. The molecule has 1 aliphatic heterocycles. The van der Waals surface area contributed by atoms with Crippen molar-refractivity contribution in [3.8, 4) is 0 Å². The van der Waals surface area contributed by atoms with E-state index in [1.54, 1.807) is 0 Å². The largest absolute Gasteiger partial charge is 0.480 e. The van der Waals surface area contributed by atoms with Gasteiger partial charge >= 0.3 is 5.97 Å². The van der Waals surface area contributed by atoms with Gasteiger partial charge in [0.2, 0.25) is 0 Å². The Labute approximate surface area is 102 Å². The van der Waals surface area contributed by atoms with Gasteiger partial charge in [-0.3, -0.25) is 9.59 Å². The molecule has 1 unspecified atom stereocenters. The van der Waals surface area contributed by atoms with Gasteiger partial charge in [-0.25, -0.2) is 4.79 Å². The summed E-state index contributed by atoms with van der Waals surface area (Å²) in [4.78, 5) is 38.2. The number of aliphatic carboxylic acids is 1. The van der Waals surface area contributed by atoms with Gasteiger partial charge in [-0.2, -0.15) is 0 Å². The fraction of sp³-hybridized carbons (Fsp3) is 0.364. The number of rotatable bonds is 2. The Morgan fingerprint density at radius 2 is 2.28 bits per heavy atom. The number of H-pyrrole nitrogens is 1. The quantitative estimate of drug-likeness (QED) is 0.725. The molecule has 1 atom stereocenters. The Balaban J connectivity index is 2.29. The van der Waals surface area contributed by atoms with Crippen molar-refractivity contribution in [1.82, 2.24) is 9.88 Å². The molecule has 1 aromatic heterocycles. The van der Waals surface area contributed by atoms with Gasteiger partial charge in [0.1, 0.15) is 5.56 Å². The summed E-state index contributed by atoms with van der Waals surface area (Å²) in [5.41, 5.74) is -0.594. The number of hydrogen-bond donors (Lipinski definition) is 2. The van der Waals surface area contributed by atoms with E-state index in [1.165, 1.54) is 18.3 Å². The number of aromatic amines is 1. The van der Waals surface area contributed by atoms with Crippen molar-refractivity contribution in [2.45, 2.75) is 6.04 Å². The van der Waals surface area contributed by atoms with Crippen molar-refractivity contribution < 1.29 is 19.4 Å². The molecule has 2 N–H and O–H groups in total. The fourth-order valence-corrected chi connectivity index (χ4v) is 1.80. The minimum atomic E-state index is -1.14. The fourth-order valence-electron chi connectivity index (χ4n) is 1.80. The van der Waals surface area contributed by atoms with Gasteiger partial charge in [0.25, 0.3) is 11.5 Å². The summed E-state index contributed by atoms with van der Waals surface area (Å²) in [5.74, 6) is -1.73. The minimum absolute atomic E-state index is 0.0637. The third-order valence-corrected chi connectivity index (χ3v) is 2.72. The normalized spacial score (nSPS) is 19.6. The Bertz CT molecular complexity index is 524. The SMILES string of the molecule is O=C(O)C1COCCN1C(=O)c1ccc[nH]c1=O. The maximum absolute atomic E-state index is 12.1. The van der Waals surface area contributed by atoms with E-state index in [9.17, 15) is 14.4 Å². The number of hydrogen-bond acceptors (Lipinski definition) is 4. The van der Waals surface area contributed by atoms with Crippen LogP contribution in [0.4, 0.5) is 0 Å². The highest BCUT2D eigenvalue weighted by atomic mass is 16.5. The number of aromatic nitrogens is 1. The van der Waals surface area contributed by atoms with Gasteiger partial charge < -0.3 is 19.7 Å². The van der Waals surface area contributed by atoms with Gasteiger partial charge in [-0.1, -0.05) is 0 Å². The van der Waals surface area contributed by atoms with Crippen LogP contribution in [0.5, 0.6) is 0 Å². The summed E-state index contributed by atoms with van der Waals surface area (Å²) in [5, 5.41) is 9.01. The minimum Gasteiger partial charge on any atom is -0.480 e. The zero-order valence-corrected chi connectivity index (χ0v) is 9.46. The Morgan fingerprint density at radius 3 is 2.94 bits per heavy atom. The molecular formula is C11H12N2O5. The predicted octanol–water partition coefficient (Wildman–Crippen LogP) is -0.700. The van der Waals surface area contributed by atoms with Crippen molar-refractivity contribution in [3.05, 3.63) is 34.2 Å². The molecule has 96 valence electrons. The Hall–Kier alpha value is -2.15. The second kappa shape index (κ2) is 5.01. The van der Waals surface area contributed by atoms with Crippen LogP contribution in [-0.2, 0) is 9.53 Å². The van der Waals surface area contributed by atoms with E-state index in [0.717, 1.165) is 4.90 Å². The van der Waals surface area contributed by atoms with E-state index in [-0.39, 0.29) is 25.3 Å². The summed E-state index contributed by atoms with van der Waals surface area (Å²) in [7, 11) is 0. The highest BCUT2D eigenvalue weighted by Gasteiger charge is 2.33. The molecule has 0 aliphatic carbocycles. The molecule has 1 aromatic rings. The maximum atomic E-state index is 12.1. The zero-order valence-electron chi connectivity index (χ0n) is 9.46. The average molecular weight is 252 g/mol. The van der Waals surface area contributed by atoms with Gasteiger partial charge in [0.15, 0.2) is 6.04 Å². The molecule has 2 heterocycles. The predicted molar refractivity (Wildman–Crippen MR) is 60.3 cm³/mol. The Kier molecular flexibility index (Phi) is 3.42. The lowest BCUT2D eigenvalue weighted by Gasteiger charge is -2.32. The molecule has 18 heavy (non-hydrogen) atoms. The van der Waals surface area contributed by atoms with E-state index >= 15 is 0 Å². The number of ether oxygens (including phenoxy) is 1. The molecule has 0 bridgehead atoms. The number of nitrogens with one attached hydrogen (secondary N) is 1. The highest BCUT2D eigenvalue weighted by molar-refractivity contribution is 5.96. The number of morpholine rings is 1. The van der Waals surface area contributed by atoms with Gasteiger partial charge in [0.05, 0.1) is 13.2 Å². The van der Waals surface area contributed by atoms with Crippen LogP contribution in [0.15, 0.2) is 23.1 Å². The number of carboxylic acid groups (broad SMARTS) is 1. The van der Waals surface area contributed by atoms with E-state index in [4.69, 9.17) is 9.84 Å². The third kappa shape index (κ3) is 2.25. The second-order valence-electron chi connectivity index (χ2n) is 3.84.